The van der Waals surface area contributed by atoms with E-state index in [0.717, 1.165) is 5.69 Å². The second-order valence-electron chi connectivity index (χ2n) is 7.35. The summed E-state index contributed by atoms with van der Waals surface area (Å²) in [5, 5.41) is 9.06. The minimum absolute atomic E-state index is 0.00801. The van der Waals surface area contributed by atoms with Crippen molar-refractivity contribution in [3.05, 3.63) is 24.5 Å². The monoisotopic (exact) mass is 308 g/mol. The number of likely N-dealkylation sites (N-methyl/N-ethyl adjacent to an activating group) is 1. The van der Waals surface area contributed by atoms with Gasteiger partial charge in [-0.25, -0.2) is 0 Å². The van der Waals surface area contributed by atoms with E-state index >= 15 is 0 Å². The van der Waals surface area contributed by atoms with Gasteiger partial charge in [0.2, 0.25) is 5.91 Å². The molecule has 0 aliphatic rings. The molecule has 3 N–H and O–H groups in total. The molecule has 1 aromatic heterocycles. The van der Waals surface area contributed by atoms with Gasteiger partial charge in [-0.05, 0) is 60.6 Å². The zero-order valence-corrected chi connectivity index (χ0v) is 15.2. The van der Waals surface area contributed by atoms with Gasteiger partial charge < -0.3 is 16.0 Å². The third kappa shape index (κ3) is 11.1. The van der Waals surface area contributed by atoms with E-state index < -0.39 is 0 Å². The first-order valence-corrected chi connectivity index (χ1v) is 7.62. The molecular weight excluding hydrogens is 276 g/mol. The van der Waals surface area contributed by atoms with Gasteiger partial charge in [-0.1, -0.05) is 0 Å². The molecule has 0 aromatic carbocycles. The van der Waals surface area contributed by atoms with E-state index in [9.17, 15) is 4.79 Å². The Balaban J connectivity index is 0.000000401. The third-order valence-corrected chi connectivity index (χ3v) is 2.47. The van der Waals surface area contributed by atoms with E-state index in [2.05, 4.69) is 41.7 Å². The highest BCUT2D eigenvalue weighted by atomic mass is 16.2. The van der Waals surface area contributed by atoms with Crippen LogP contribution in [0.1, 0.15) is 48.5 Å². The topological polar surface area (TPSA) is 66.0 Å². The number of nitrogens with one attached hydrogen (secondary N) is 3. The molecule has 0 spiro atoms. The van der Waals surface area contributed by atoms with Crippen LogP contribution in [0.15, 0.2) is 24.5 Å². The van der Waals surface area contributed by atoms with Crippen molar-refractivity contribution in [2.45, 2.75) is 65.6 Å². The summed E-state index contributed by atoms with van der Waals surface area (Å²) in [6.07, 6.45) is 3.60. The molecule has 1 atom stereocenters. The summed E-state index contributed by atoms with van der Waals surface area (Å²) < 4.78 is 0. The standard InChI is InChI=1S/C9H14N2.C8H18N2O/c1-9(2,3)11-8-5-4-6-10-7-8;1-6(7(11)9-5)10-8(2,3)4/h4-7,11H,1-3H3;6,10H,1-5H3,(H,9,11). The largest absolute Gasteiger partial charge is 0.379 e. The second-order valence-corrected chi connectivity index (χ2v) is 7.35. The molecule has 0 saturated carbocycles. The average molecular weight is 308 g/mol. The summed E-state index contributed by atoms with van der Waals surface area (Å²) in [6.45, 7) is 14.3. The lowest BCUT2D eigenvalue weighted by Gasteiger charge is -2.24. The fourth-order valence-corrected chi connectivity index (χ4v) is 1.80. The Hall–Kier alpha value is -1.62. The van der Waals surface area contributed by atoms with E-state index in [0.29, 0.717) is 0 Å². The molecule has 5 heteroatoms. The zero-order chi connectivity index (χ0) is 17.4. The first-order chi connectivity index (χ1) is 9.94. The second kappa shape index (κ2) is 8.73. The summed E-state index contributed by atoms with van der Waals surface area (Å²) in [5.74, 6) is 0.0277. The number of amides is 1. The van der Waals surface area contributed by atoms with Crippen molar-refractivity contribution >= 4 is 11.6 Å². The Morgan fingerprint density at radius 2 is 1.73 bits per heavy atom. The lowest BCUT2D eigenvalue weighted by molar-refractivity contribution is -0.122. The van der Waals surface area contributed by atoms with Gasteiger partial charge in [-0.2, -0.15) is 0 Å². The number of hydrogen-bond donors (Lipinski definition) is 3. The summed E-state index contributed by atoms with van der Waals surface area (Å²) in [4.78, 5) is 15.0. The van der Waals surface area contributed by atoms with Gasteiger partial charge >= 0.3 is 0 Å². The smallest absolute Gasteiger partial charge is 0.236 e. The van der Waals surface area contributed by atoms with Crippen LogP contribution >= 0.6 is 0 Å². The minimum Gasteiger partial charge on any atom is -0.379 e. The Kier molecular flexibility index (Phi) is 8.09. The minimum atomic E-state index is -0.125. The summed E-state index contributed by atoms with van der Waals surface area (Å²) in [6, 6.07) is 3.81. The van der Waals surface area contributed by atoms with Crippen molar-refractivity contribution in [2.24, 2.45) is 0 Å². The van der Waals surface area contributed by atoms with Crippen LogP contribution in [0.3, 0.4) is 0 Å². The number of rotatable bonds is 3. The van der Waals surface area contributed by atoms with Crippen LogP contribution in [-0.4, -0.2) is 35.1 Å². The number of pyridine rings is 1. The van der Waals surface area contributed by atoms with Crippen molar-refractivity contribution in [2.75, 3.05) is 12.4 Å². The maximum absolute atomic E-state index is 11.0. The van der Waals surface area contributed by atoms with Crippen LogP contribution in [0, 0.1) is 0 Å². The van der Waals surface area contributed by atoms with Crippen LogP contribution < -0.4 is 16.0 Å². The first kappa shape index (κ1) is 20.4. The predicted octanol–water partition coefficient (Wildman–Crippen LogP) is 2.80. The molecule has 0 fully saturated rings. The van der Waals surface area contributed by atoms with E-state index in [1.807, 2.05) is 46.0 Å². The molecule has 1 rings (SSSR count). The number of nitrogens with zero attached hydrogens (tertiary/aromatic N) is 1. The lowest BCUT2D eigenvalue weighted by Crippen LogP contribution is -2.49. The van der Waals surface area contributed by atoms with E-state index in [-0.39, 0.29) is 23.0 Å². The molecule has 0 aliphatic carbocycles. The zero-order valence-electron chi connectivity index (χ0n) is 15.2. The van der Waals surface area contributed by atoms with Gasteiger partial charge in [0.1, 0.15) is 0 Å². The Morgan fingerprint density at radius 1 is 1.14 bits per heavy atom. The molecule has 126 valence electrons. The fraction of sp³-hybridized carbons (Fsp3) is 0.647. The summed E-state index contributed by atoms with van der Waals surface area (Å²) in [7, 11) is 1.64. The van der Waals surface area contributed by atoms with Gasteiger partial charge in [-0.15, -0.1) is 0 Å². The van der Waals surface area contributed by atoms with Gasteiger partial charge in [0, 0.05) is 30.5 Å². The van der Waals surface area contributed by atoms with Crippen molar-refractivity contribution in [3.8, 4) is 0 Å². The van der Waals surface area contributed by atoms with Gasteiger partial charge in [0.25, 0.3) is 0 Å². The molecule has 0 radical (unpaired) electrons. The maximum atomic E-state index is 11.0. The molecule has 1 amide bonds. The molecule has 0 saturated heterocycles. The summed E-state index contributed by atoms with van der Waals surface area (Å²) >= 11 is 0. The Bertz CT molecular complexity index is 432. The van der Waals surface area contributed by atoms with Crippen LogP contribution in [0.5, 0.6) is 0 Å². The molecule has 0 aliphatic heterocycles. The van der Waals surface area contributed by atoms with Gasteiger partial charge in [0.05, 0.1) is 11.7 Å². The molecule has 22 heavy (non-hydrogen) atoms. The molecule has 1 aromatic rings. The van der Waals surface area contributed by atoms with Crippen LogP contribution in [0.2, 0.25) is 0 Å². The quantitative estimate of drug-likeness (QED) is 0.803. The molecule has 1 heterocycles. The SMILES string of the molecule is CC(C)(C)Nc1cccnc1.CNC(=O)C(C)NC(C)(C)C. The number of aromatic nitrogens is 1. The number of carbonyl (C=O) groups is 1. The van der Waals surface area contributed by atoms with E-state index in [1.54, 1.807) is 13.2 Å². The Morgan fingerprint density at radius 3 is 2.09 bits per heavy atom. The van der Waals surface area contributed by atoms with E-state index in [4.69, 9.17) is 0 Å². The molecule has 1 unspecified atom stereocenters. The van der Waals surface area contributed by atoms with Gasteiger partial charge in [-0.3, -0.25) is 9.78 Å². The highest BCUT2D eigenvalue weighted by molar-refractivity contribution is 5.81. The van der Waals surface area contributed by atoms with Crippen molar-refractivity contribution < 1.29 is 4.79 Å². The third-order valence-electron chi connectivity index (χ3n) is 2.47. The average Bonchev–Trinajstić information content (AvgIpc) is 2.35. The van der Waals surface area contributed by atoms with Crippen molar-refractivity contribution in [1.29, 1.82) is 0 Å². The van der Waals surface area contributed by atoms with Crippen LogP contribution in [0.25, 0.3) is 0 Å². The highest BCUT2D eigenvalue weighted by Gasteiger charge is 2.17. The predicted molar refractivity (Wildman–Crippen MR) is 94.0 cm³/mol. The van der Waals surface area contributed by atoms with E-state index in [1.165, 1.54) is 0 Å². The fourth-order valence-electron chi connectivity index (χ4n) is 1.80. The van der Waals surface area contributed by atoms with Crippen LogP contribution in [-0.2, 0) is 4.79 Å². The normalized spacial score (nSPS) is 12.7. The highest BCUT2D eigenvalue weighted by Crippen LogP contribution is 2.11. The Labute approximate surface area is 135 Å². The maximum Gasteiger partial charge on any atom is 0.236 e. The molecule has 0 bridgehead atoms. The van der Waals surface area contributed by atoms with Crippen molar-refractivity contribution in [3.63, 3.8) is 0 Å². The lowest BCUT2D eigenvalue weighted by atomic mass is 10.1. The van der Waals surface area contributed by atoms with Crippen molar-refractivity contribution in [1.82, 2.24) is 15.6 Å². The number of carbonyl (C=O) groups excluding carboxylic acids is 1. The first-order valence-electron chi connectivity index (χ1n) is 7.62. The summed E-state index contributed by atoms with van der Waals surface area (Å²) in [5.41, 5.74) is 1.18. The molecule has 5 nitrogen and oxygen atoms in total. The molecular formula is C17H32N4O. The number of anilines is 1. The number of hydrogen-bond acceptors (Lipinski definition) is 4. The van der Waals surface area contributed by atoms with Gasteiger partial charge in [0.15, 0.2) is 0 Å². The van der Waals surface area contributed by atoms with Crippen LogP contribution in [0.4, 0.5) is 5.69 Å².